The van der Waals surface area contributed by atoms with Crippen LogP contribution in [0.3, 0.4) is 0 Å². The molecular weight excluding hydrogens is 340 g/mol. The fourth-order valence-corrected chi connectivity index (χ4v) is 3.22. The summed E-state index contributed by atoms with van der Waals surface area (Å²) in [5, 5.41) is 0.409. The van der Waals surface area contributed by atoms with E-state index in [-0.39, 0.29) is 11.3 Å². The molecule has 25 heavy (non-hydrogen) atoms. The van der Waals surface area contributed by atoms with Crippen LogP contribution >= 0.6 is 11.6 Å². The number of benzene rings is 1. The molecule has 0 radical (unpaired) electrons. The number of ether oxygens (including phenoxy) is 2. The summed E-state index contributed by atoms with van der Waals surface area (Å²) in [5.41, 5.74) is 6.36. The maximum Gasteiger partial charge on any atom is 0.254 e. The summed E-state index contributed by atoms with van der Waals surface area (Å²) in [6, 6.07) is 3.41. The molecule has 1 amide bonds. The Bertz CT molecular complexity index is 609. The number of unbranched alkanes of at least 4 members (excludes halogenated alkanes) is 1. The molecule has 1 fully saturated rings. The Morgan fingerprint density at radius 3 is 2.72 bits per heavy atom. The summed E-state index contributed by atoms with van der Waals surface area (Å²) in [5.74, 6) is 0.997. The molecule has 1 aliphatic heterocycles. The zero-order valence-corrected chi connectivity index (χ0v) is 16.2. The molecule has 1 unspecified atom stereocenters. The number of amides is 1. The molecule has 1 aliphatic rings. The van der Waals surface area contributed by atoms with E-state index in [0.29, 0.717) is 54.9 Å². The fraction of sp³-hybridized carbons (Fsp3) is 0.632. The van der Waals surface area contributed by atoms with Crippen LogP contribution in [0.15, 0.2) is 12.1 Å². The molecule has 1 aromatic carbocycles. The number of halogens is 1. The van der Waals surface area contributed by atoms with Gasteiger partial charge in [-0.15, -0.1) is 0 Å². The van der Waals surface area contributed by atoms with Crippen LogP contribution in [0.2, 0.25) is 5.02 Å². The normalized spacial score (nSPS) is 20.0. The topological polar surface area (TPSA) is 64.8 Å². The first-order valence-electron chi connectivity index (χ1n) is 9.02. The van der Waals surface area contributed by atoms with Gasteiger partial charge in [0.15, 0.2) is 11.5 Å². The van der Waals surface area contributed by atoms with E-state index >= 15 is 0 Å². The van der Waals surface area contributed by atoms with Crippen LogP contribution in [0.5, 0.6) is 11.5 Å². The molecule has 0 saturated carbocycles. The Balaban J connectivity index is 2.22. The lowest BCUT2D eigenvalue weighted by Gasteiger charge is -2.23. The predicted octanol–water partition coefficient (Wildman–Crippen LogP) is 3.73. The van der Waals surface area contributed by atoms with Gasteiger partial charge in [-0.1, -0.05) is 31.9 Å². The number of hydrogen-bond acceptors (Lipinski definition) is 4. The van der Waals surface area contributed by atoms with Crippen molar-refractivity contribution in [2.45, 2.75) is 40.0 Å². The van der Waals surface area contributed by atoms with Gasteiger partial charge in [0, 0.05) is 18.7 Å². The third kappa shape index (κ3) is 4.79. The van der Waals surface area contributed by atoms with Gasteiger partial charge in [0.25, 0.3) is 5.91 Å². The average Bonchev–Trinajstić information content (AvgIpc) is 2.99. The Labute approximate surface area is 155 Å². The van der Waals surface area contributed by atoms with Crippen LogP contribution in [0, 0.1) is 5.41 Å². The number of nitrogens with two attached hydrogens (primary N) is 1. The standard InChI is InChI=1S/C19H29ClN2O3/c1-4-6-9-25-17-15(20)10-14(11-16(17)24-5-2)18(23)22-8-7-19(3,12-21)13-22/h10-11H,4-9,12-13,21H2,1-3H3. The van der Waals surface area contributed by atoms with E-state index in [0.717, 1.165) is 19.3 Å². The van der Waals surface area contributed by atoms with Crippen LogP contribution in [0.25, 0.3) is 0 Å². The highest BCUT2D eigenvalue weighted by Crippen LogP contribution is 2.38. The first kappa shape index (κ1) is 19.9. The van der Waals surface area contributed by atoms with Crippen molar-refractivity contribution in [1.29, 1.82) is 0 Å². The number of nitrogens with zero attached hydrogens (tertiary/aromatic N) is 1. The van der Waals surface area contributed by atoms with Gasteiger partial charge >= 0.3 is 0 Å². The van der Waals surface area contributed by atoms with Crippen LogP contribution in [0.1, 0.15) is 50.4 Å². The minimum absolute atomic E-state index is 0.00852. The van der Waals surface area contributed by atoms with Gasteiger partial charge in [-0.3, -0.25) is 4.79 Å². The molecule has 2 N–H and O–H groups in total. The van der Waals surface area contributed by atoms with E-state index in [4.69, 9.17) is 26.8 Å². The summed E-state index contributed by atoms with van der Waals surface area (Å²) in [6.07, 6.45) is 2.89. The first-order chi connectivity index (χ1) is 11.9. The zero-order chi connectivity index (χ0) is 18.4. The highest BCUT2D eigenvalue weighted by molar-refractivity contribution is 6.32. The molecule has 1 aromatic rings. The second kappa shape index (κ2) is 8.77. The average molecular weight is 369 g/mol. The van der Waals surface area contributed by atoms with E-state index in [2.05, 4.69) is 13.8 Å². The van der Waals surface area contributed by atoms with E-state index < -0.39 is 0 Å². The molecular formula is C19H29ClN2O3. The molecule has 1 atom stereocenters. The number of rotatable bonds is 8. The summed E-state index contributed by atoms with van der Waals surface area (Å²) in [4.78, 5) is 14.7. The molecule has 1 saturated heterocycles. The molecule has 6 heteroatoms. The highest BCUT2D eigenvalue weighted by atomic mass is 35.5. The van der Waals surface area contributed by atoms with Crippen molar-refractivity contribution in [2.75, 3.05) is 32.8 Å². The quantitative estimate of drug-likeness (QED) is 0.710. The van der Waals surface area contributed by atoms with Crippen molar-refractivity contribution < 1.29 is 14.3 Å². The van der Waals surface area contributed by atoms with Crippen molar-refractivity contribution in [3.8, 4) is 11.5 Å². The van der Waals surface area contributed by atoms with Gasteiger partial charge in [0.1, 0.15) is 0 Å². The second-order valence-electron chi connectivity index (χ2n) is 6.91. The summed E-state index contributed by atoms with van der Waals surface area (Å²) < 4.78 is 11.4. The lowest BCUT2D eigenvalue weighted by atomic mass is 9.90. The van der Waals surface area contributed by atoms with Crippen molar-refractivity contribution in [1.82, 2.24) is 4.90 Å². The predicted molar refractivity (Wildman–Crippen MR) is 101 cm³/mol. The summed E-state index contributed by atoms with van der Waals surface area (Å²) >= 11 is 6.39. The number of likely N-dealkylation sites (tertiary alicyclic amines) is 1. The molecule has 0 spiro atoms. The fourth-order valence-electron chi connectivity index (χ4n) is 2.96. The molecule has 0 aliphatic carbocycles. The third-order valence-electron chi connectivity index (χ3n) is 4.64. The first-order valence-corrected chi connectivity index (χ1v) is 9.40. The maximum absolute atomic E-state index is 12.9. The molecule has 1 heterocycles. The third-order valence-corrected chi connectivity index (χ3v) is 4.92. The zero-order valence-electron chi connectivity index (χ0n) is 15.4. The van der Waals surface area contributed by atoms with Crippen molar-refractivity contribution in [2.24, 2.45) is 11.1 Å². The number of carbonyl (C=O) groups excluding carboxylic acids is 1. The second-order valence-corrected chi connectivity index (χ2v) is 7.32. The SMILES string of the molecule is CCCCOc1c(Cl)cc(C(=O)N2CCC(C)(CN)C2)cc1OCC. The van der Waals surface area contributed by atoms with E-state index in [1.54, 1.807) is 12.1 Å². The monoisotopic (exact) mass is 368 g/mol. The van der Waals surface area contributed by atoms with Gasteiger partial charge in [-0.25, -0.2) is 0 Å². The Hall–Kier alpha value is -1.46. The lowest BCUT2D eigenvalue weighted by Crippen LogP contribution is -2.34. The van der Waals surface area contributed by atoms with Crippen LogP contribution in [-0.4, -0.2) is 43.7 Å². The lowest BCUT2D eigenvalue weighted by molar-refractivity contribution is 0.0776. The molecule has 140 valence electrons. The van der Waals surface area contributed by atoms with Gasteiger partial charge in [0.05, 0.1) is 18.2 Å². The van der Waals surface area contributed by atoms with Gasteiger partial charge in [-0.05, 0) is 43.9 Å². The van der Waals surface area contributed by atoms with E-state index in [9.17, 15) is 4.79 Å². The summed E-state index contributed by atoms with van der Waals surface area (Å²) in [7, 11) is 0. The minimum atomic E-state index is -0.0415. The van der Waals surface area contributed by atoms with Crippen molar-refractivity contribution in [3.63, 3.8) is 0 Å². The Morgan fingerprint density at radius 1 is 1.36 bits per heavy atom. The van der Waals surface area contributed by atoms with Gasteiger partial charge < -0.3 is 20.1 Å². The van der Waals surface area contributed by atoms with Crippen molar-refractivity contribution in [3.05, 3.63) is 22.7 Å². The molecule has 5 nitrogen and oxygen atoms in total. The summed E-state index contributed by atoms with van der Waals surface area (Å²) in [6.45, 7) is 9.11. The Kier molecular flexibility index (Phi) is 6.96. The molecule has 2 rings (SSSR count). The van der Waals surface area contributed by atoms with Gasteiger partial charge in [-0.2, -0.15) is 0 Å². The van der Waals surface area contributed by atoms with E-state index in [1.807, 2.05) is 11.8 Å². The minimum Gasteiger partial charge on any atom is -0.490 e. The van der Waals surface area contributed by atoms with E-state index in [1.165, 1.54) is 0 Å². The molecule has 0 bridgehead atoms. The van der Waals surface area contributed by atoms with Crippen LogP contribution < -0.4 is 15.2 Å². The number of carbonyl (C=O) groups is 1. The largest absolute Gasteiger partial charge is 0.490 e. The smallest absolute Gasteiger partial charge is 0.254 e. The number of hydrogen-bond donors (Lipinski definition) is 1. The van der Waals surface area contributed by atoms with Gasteiger partial charge in [0.2, 0.25) is 0 Å². The Morgan fingerprint density at radius 2 is 2.12 bits per heavy atom. The maximum atomic E-state index is 12.9. The highest BCUT2D eigenvalue weighted by Gasteiger charge is 2.35. The molecule has 0 aromatic heterocycles. The van der Waals surface area contributed by atoms with Crippen molar-refractivity contribution >= 4 is 17.5 Å². The van der Waals surface area contributed by atoms with Crippen LogP contribution in [-0.2, 0) is 0 Å². The van der Waals surface area contributed by atoms with Crippen LogP contribution in [0.4, 0.5) is 0 Å².